The molecule has 366 valence electrons. The van der Waals surface area contributed by atoms with Crippen molar-refractivity contribution in [2.24, 2.45) is 0 Å². The normalized spacial score (nSPS) is 26.3. The summed E-state index contributed by atoms with van der Waals surface area (Å²) in [6, 6.07) is 70.8. The lowest BCUT2D eigenvalue weighted by Crippen LogP contribution is -2.66. The molecule has 3 aliphatic rings. The smallest absolute Gasteiger partial charge is 0.187 e. The van der Waals surface area contributed by atoms with Gasteiger partial charge in [0.15, 0.2) is 12.6 Å². The molecular weight excluding hydrogens is 913 g/mol. The van der Waals surface area contributed by atoms with Crippen molar-refractivity contribution in [3.05, 3.63) is 246 Å². The van der Waals surface area contributed by atoms with Crippen LogP contribution in [0.2, 0.25) is 0 Å². The third kappa shape index (κ3) is 13.3. The van der Waals surface area contributed by atoms with Crippen LogP contribution in [-0.4, -0.2) is 73.8 Å². The van der Waals surface area contributed by atoms with Gasteiger partial charge in [-0.15, -0.1) is 0 Å². The Morgan fingerprint density at radius 1 is 0.408 bits per heavy atom. The van der Waals surface area contributed by atoms with E-state index in [0.29, 0.717) is 19.8 Å². The Balaban J connectivity index is 1.04. The predicted octanol–water partition coefficient (Wildman–Crippen LogP) is 11.3. The van der Waals surface area contributed by atoms with Gasteiger partial charge in [-0.3, -0.25) is 0 Å². The largest absolute Gasteiger partial charge is 0.374 e. The van der Waals surface area contributed by atoms with Crippen LogP contribution >= 0.6 is 11.8 Å². The molecule has 0 spiro atoms. The molecule has 0 radical (unpaired) electrons. The van der Waals surface area contributed by atoms with Gasteiger partial charge in [-0.1, -0.05) is 212 Å². The maximum Gasteiger partial charge on any atom is 0.187 e. The Morgan fingerprint density at radius 2 is 0.845 bits per heavy atom. The average molecular weight is 973 g/mol. The van der Waals surface area contributed by atoms with E-state index in [-0.39, 0.29) is 26.4 Å². The van der Waals surface area contributed by atoms with Crippen LogP contribution in [0.3, 0.4) is 0 Å². The standard InChI is InChI=1S/C60H60O10S/c1-8-22-43(23-9-1)36-61-41-50-52(55(63-38-45-26-12-3-13-27-45)57(65-40-47-30-16-5-17-31-47)60(68-50)71-49-34-20-7-21-35-49)70-59-56(64-39-46-28-14-4-15-29-46)54(62-37-44-24-10-2-11-25-44)53-51(67-59)42-66-58(69-53)48-32-18-6-19-33-48/h1-35,50-60H,36-42H2/t50-,51-,52-,53+,54+,55+,56-,57-,58?,59+,60+/m1/s1. The first-order valence-corrected chi connectivity index (χ1v) is 25.3. The van der Waals surface area contributed by atoms with Crippen LogP contribution in [0.5, 0.6) is 0 Å². The molecule has 11 atom stereocenters. The summed E-state index contributed by atoms with van der Waals surface area (Å²) in [5, 5.41) is 0. The molecule has 71 heavy (non-hydrogen) atoms. The van der Waals surface area contributed by atoms with Crippen LogP contribution in [0.15, 0.2) is 217 Å². The number of ether oxygens (including phenoxy) is 10. The fourth-order valence-corrected chi connectivity index (χ4v) is 10.3. The molecule has 0 bridgehead atoms. The van der Waals surface area contributed by atoms with E-state index in [1.54, 1.807) is 11.8 Å². The van der Waals surface area contributed by atoms with E-state index in [0.717, 1.165) is 38.3 Å². The van der Waals surface area contributed by atoms with Crippen LogP contribution in [-0.2, 0) is 80.4 Å². The molecule has 7 aromatic rings. The van der Waals surface area contributed by atoms with Crippen LogP contribution < -0.4 is 0 Å². The highest BCUT2D eigenvalue weighted by molar-refractivity contribution is 7.99. The Kier molecular flexibility index (Phi) is 17.4. The minimum atomic E-state index is -1.03. The molecule has 0 aromatic heterocycles. The van der Waals surface area contributed by atoms with E-state index in [1.165, 1.54) is 0 Å². The Morgan fingerprint density at radius 3 is 1.37 bits per heavy atom. The van der Waals surface area contributed by atoms with E-state index >= 15 is 0 Å². The van der Waals surface area contributed by atoms with Gasteiger partial charge in [0.2, 0.25) is 0 Å². The molecule has 3 aliphatic heterocycles. The molecule has 11 heteroatoms. The molecule has 0 saturated carbocycles. The summed E-state index contributed by atoms with van der Waals surface area (Å²) in [5.41, 5.74) is 5.41. The SMILES string of the molecule is c1ccc(COC[C@H]2O[C@@H](Sc3ccccc3)[C@H](OCc3ccccc3)[C@@H](OCc3ccccc3)[C@@H]2O[C@@H]2O[C@@H]3COC(c4ccccc4)O[C@@H]3[C@H](OCc3ccccc3)[C@H]2OCc2ccccc2)cc1. The van der Waals surface area contributed by atoms with Crippen LogP contribution in [0.25, 0.3) is 0 Å². The molecule has 10 nitrogen and oxygen atoms in total. The van der Waals surface area contributed by atoms with Gasteiger partial charge in [0.05, 0.1) is 46.2 Å². The summed E-state index contributed by atoms with van der Waals surface area (Å²) in [5.74, 6) is 0. The maximum atomic E-state index is 7.52. The van der Waals surface area contributed by atoms with Crippen molar-refractivity contribution in [1.29, 1.82) is 0 Å². The summed E-state index contributed by atoms with van der Waals surface area (Å²) in [6.07, 6.45) is -7.18. The van der Waals surface area contributed by atoms with Crippen LogP contribution in [0.4, 0.5) is 0 Å². The lowest BCUT2D eigenvalue weighted by Gasteiger charge is -2.51. The third-order valence-electron chi connectivity index (χ3n) is 12.8. The molecule has 0 amide bonds. The fraction of sp³-hybridized carbons (Fsp3) is 0.300. The van der Waals surface area contributed by atoms with E-state index in [1.807, 2.05) is 152 Å². The Labute approximate surface area is 421 Å². The number of hydrogen-bond acceptors (Lipinski definition) is 11. The summed E-state index contributed by atoms with van der Waals surface area (Å²) >= 11 is 1.59. The highest BCUT2D eigenvalue weighted by atomic mass is 32.2. The van der Waals surface area contributed by atoms with Crippen molar-refractivity contribution >= 4 is 11.8 Å². The van der Waals surface area contributed by atoms with E-state index in [9.17, 15) is 0 Å². The zero-order chi connectivity index (χ0) is 47.9. The Hall–Kier alpha value is -5.51. The number of fused-ring (bicyclic) bond motifs is 1. The highest BCUT2D eigenvalue weighted by Crippen LogP contribution is 2.42. The number of rotatable bonds is 21. The van der Waals surface area contributed by atoms with Crippen molar-refractivity contribution in [3.63, 3.8) is 0 Å². The zero-order valence-corrected chi connectivity index (χ0v) is 40.3. The second-order valence-electron chi connectivity index (χ2n) is 17.8. The molecule has 0 N–H and O–H groups in total. The zero-order valence-electron chi connectivity index (χ0n) is 39.5. The van der Waals surface area contributed by atoms with Gasteiger partial charge in [0.25, 0.3) is 0 Å². The van der Waals surface area contributed by atoms with Crippen molar-refractivity contribution in [1.82, 2.24) is 0 Å². The summed E-state index contributed by atoms with van der Waals surface area (Å²) in [6.45, 7) is 1.92. The molecule has 3 saturated heterocycles. The molecule has 1 unspecified atom stereocenters. The summed E-state index contributed by atoms with van der Waals surface area (Å²) in [7, 11) is 0. The summed E-state index contributed by atoms with van der Waals surface area (Å²) in [4.78, 5) is 1.02. The lowest BCUT2D eigenvalue weighted by molar-refractivity contribution is -0.389. The van der Waals surface area contributed by atoms with Crippen molar-refractivity contribution in [2.75, 3.05) is 13.2 Å². The number of thioether (sulfide) groups is 1. The van der Waals surface area contributed by atoms with Crippen molar-refractivity contribution in [3.8, 4) is 0 Å². The van der Waals surface area contributed by atoms with Gasteiger partial charge in [0.1, 0.15) is 54.3 Å². The quantitative estimate of drug-likeness (QED) is 0.0689. The van der Waals surface area contributed by atoms with E-state index in [2.05, 4.69) is 60.7 Å². The van der Waals surface area contributed by atoms with Gasteiger partial charge < -0.3 is 47.4 Å². The first-order valence-electron chi connectivity index (χ1n) is 24.4. The minimum absolute atomic E-state index is 0.176. The predicted molar refractivity (Wildman–Crippen MR) is 271 cm³/mol. The van der Waals surface area contributed by atoms with Gasteiger partial charge >= 0.3 is 0 Å². The Bertz CT molecular complexity index is 2590. The average Bonchev–Trinajstić information content (AvgIpc) is 3.43. The second-order valence-corrected chi connectivity index (χ2v) is 19.0. The number of benzene rings is 7. The van der Waals surface area contributed by atoms with Gasteiger partial charge in [0, 0.05) is 10.5 Å². The van der Waals surface area contributed by atoms with Crippen molar-refractivity contribution < 1.29 is 47.4 Å². The van der Waals surface area contributed by atoms with Gasteiger partial charge in [-0.25, -0.2) is 0 Å². The van der Waals surface area contributed by atoms with E-state index in [4.69, 9.17) is 47.4 Å². The van der Waals surface area contributed by atoms with Crippen LogP contribution in [0.1, 0.15) is 39.7 Å². The summed E-state index contributed by atoms with van der Waals surface area (Å²) < 4.78 is 70.1. The van der Waals surface area contributed by atoms with Crippen molar-refractivity contribution in [2.45, 2.75) is 105 Å². The molecule has 7 aromatic carbocycles. The molecule has 3 fully saturated rings. The first-order chi connectivity index (χ1) is 35.2. The van der Waals surface area contributed by atoms with Gasteiger partial charge in [-0.2, -0.15) is 0 Å². The fourth-order valence-electron chi connectivity index (χ4n) is 9.16. The van der Waals surface area contributed by atoms with Crippen LogP contribution in [0, 0.1) is 0 Å². The molecular formula is C60H60O10S. The highest BCUT2D eigenvalue weighted by Gasteiger charge is 2.56. The molecule has 3 heterocycles. The van der Waals surface area contributed by atoms with E-state index < -0.39 is 66.8 Å². The number of hydrogen-bond donors (Lipinski definition) is 0. The van der Waals surface area contributed by atoms with Gasteiger partial charge in [-0.05, 0) is 39.9 Å². The monoisotopic (exact) mass is 972 g/mol. The maximum absolute atomic E-state index is 7.52. The minimum Gasteiger partial charge on any atom is -0.374 e. The topological polar surface area (TPSA) is 92.3 Å². The lowest BCUT2D eigenvalue weighted by atomic mass is 9.95. The molecule has 0 aliphatic carbocycles. The first kappa shape index (κ1) is 49.1. The third-order valence-corrected chi connectivity index (χ3v) is 13.9. The molecule has 10 rings (SSSR count). The second kappa shape index (κ2) is 25.2.